The average molecular weight is 435 g/mol. The first-order chi connectivity index (χ1) is 14.4. The summed E-state index contributed by atoms with van der Waals surface area (Å²) in [5.74, 6) is 0.121. The van der Waals surface area contributed by atoms with E-state index in [0.717, 1.165) is 36.3 Å². The van der Waals surface area contributed by atoms with E-state index in [1.54, 1.807) is 7.11 Å². The Kier molecular flexibility index (Phi) is 7.44. The van der Waals surface area contributed by atoms with E-state index in [9.17, 15) is 17.6 Å². The minimum atomic E-state index is -3.66. The molecular weight excluding hydrogens is 407 g/mol. The van der Waals surface area contributed by atoms with E-state index in [2.05, 4.69) is 5.32 Å². The third-order valence-electron chi connectivity index (χ3n) is 5.35. The molecule has 162 valence electrons. The zero-order valence-electron chi connectivity index (χ0n) is 17.0. The molecule has 2 aromatic rings. The number of carbonyl (C=O) groups is 1. The lowest BCUT2D eigenvalue weighted by Crippen LogP contribution is -2.43. The molecule has 0 radical (unpaired) electrons. The van der Waals surface area contributed by atoms with Crippen LogP contribution in [-0.2, 0) is 21.2 Å². The molecule has 8 heteroatoms. The summed E-state index contributed by atoms with van der Waals surface area (Å²) in [4.78, 5) is 12.5. The number of sulfonamides is 1. The summed E-state index contributed by atoms with van der Waals surface area (Å²) in [6.45, 7) is 1.13. The second-order valence-electron chi connectivity index (χ2n) is 7.38. The first-order valence-corrected chi connectivity index (χ1v) is 11.5. The van der Waals surface area contributed by atoms with E-state index in [4.69, 9.17) is 4.74 Å². The highest BCUT2D eigenvalue weighted by Crippen LogP contribution is 2.24. The number of hydrogen-bond acceptors (Lipinski definition) is 4. The molecule has 1 amide bonds. The molecule has 1 saturated heterocycles. The normalized spacial score (nSPS) is 15.7. The maximum absolute atomic E-state index is 13.1. The first-order valence-electron chi connectivity index (χ1n) is 10.1. The summed E-state index contributed by atoms with van der Waals surface area (Å²) in [6, 6.07) is 12.7. The predicted octanol–water partition coefficient (Wildman–Crippen LogP) is 2.98. The van der Waals surface area contributed by atoms with Crippen molar-refractivity contribution in [2.24, 2.45) is 5.92 Å². The fourth-order valence-electron chi connectivity index (χ4n) is 3.59. The Labute approximate surface area is 177 Å². The Bertz CT molecular complexity index is 955. The number of halogens is 1. The zero-order valence-corrected chi connectivity index (χ0v) is 17.8. The molecule has 2 aromatic carbocycles. The summed E-state index contributed by atoms with van der Waals surface area (Å²) in [6.07, 6.45) is 2.60. The van der Waals surface area contributed by atoms with E-state index >= 15 is 0 Å². The maximum atomic E-state index is 13.1. The van der Waals surface area contributed by atoms with Crippen LogP contribution in [0.25, 0.3) is 0 Å². The highest BCUT2D eigenvalue weighted by atomic mass is 32.2. The van der Waals surface area contributed by atoms with Gasteiger partial charge in [0, 0.05) is 25.6 Å². The third kappa shape index (κ3) is 5.58. The lowest BCUT2D eigenvalue weighted by Gasteiger charge is -2.30. The number of aryl methyl sites for hydroxylation is 1. The molecule has 0 aromatic heterocycles. The number of methoxy groups -OCH3 is 1. The number of carbonyl (C=O) groups excluding carboxylic acids is 1. The largest absolute Gasteiger partial charge is 0.497 e. The van der Waals surface area contributed by atoms with Gasteiger partial charge in [-0.25, -0.2) is 12.8 Å². The zero-order chi connectivity index (χ0) is 21.6. The molecule has 1 N–H and O–H groups in total. The molecule has 0 unspecified atom stereocenters. The Balaban J connectivity index is 1.43. The second-order valence-corrected chi connectivity index (χ2v) is 9.32. The van der Waals surface area contributed by atoms with Crippen molar-refractivity contribution in [2.45, 2.75) is 30.6 Å². The Morgan fingerprint density at radius 2 is 1.87 bits per heavy atom. The number of nitrogens with zero attached hydrogens (tertiary/aromatic N) is 1. The molecule has 30 heavy (non-hydrogen) atoms. The van der Waals surface area contributed by atoms with Crippen LogP contribution in [0.4, 0.5) is 4.39 Å². The summed E-state index contributed by atoms with van der Waals surface area (Å²) < 4.78 is 45.0. The van der Waals surface area contributed by atoms with Gasteiger partial charge >= 0.3 is 0 Å². The SMILES string of the molecule is COc1cccc(CCCNC(=O)C2CCN(S(=O)(=O)c3ccc(F)cc3)CC2)c1. The van der Waals surface area contributed by atoms with Gasteiger partial charge < -0.3 is 10.1 Å². The maximum Gasteiger partial charge on any atom is 0.243 e. The van der Waals surface area contributed by atoms with Crippen LogP contribution in [0, 0.1) is 11.7 Å². The molecule has 0 bridgehead atoms. The van der Waals surface area contributed by atoms with Gasteiger partial charge in [-0.3, -0.25) is 4.79 Å². The van der Waals surface area contributed by atoms with Crippen molar-refractivity contribution in [3.63, 3.8) is 0 Å². The smallest absolute Gasteiger partial charge is 0.243 e. The van der Waals surface area contributed by atoms with E-state index in [1.807, 2.05) is 24.3 Å². The molecule has 6 nitrogen and oxygen atoms in total. The summed E-state index contributed by atoms with van der Waals surface area (Å²) >= 11 is 0. The monoisotopic (exact) mass is 434 g/mol. The summed E-state index contributed by atoms with van der Waals surface area (Å²) in [7, 11) is -2.03. The van der Waals surface area contributed by atoms with Gasteiger partial charge in [0.1, 0.15) is 11.6 Å². The van der Waals surface area contributed by atoms with Gasteiger partial charge in [-0.05, 0) is 67.6 Å². The number of ether oxygens (including phenoxy) is 1. The van der Waals surface area contributed by atoms with E-state index in [0.29, 0.717) is 19.4 Å². The second kappa shape index (κ2) is 10.0. The van der Waals surface area contributed by atoms with Crippen LogP contribution in [0.5, 0.6) is 5.75 Å². The van der Waals surface area contributed by atoms with Crippen molar-refractivity contribution in [2.75, 3.05) is 26.7 Å². The Morgan fingerprint density at radius 1 is 1.17 bits per heavy atom. The number of rotatable bonds is 8. The highest BCUT2D eigenvalue weighted by molar-refractivity contribution is 7.89. The van der Waals surface area contributed by atoms with Gasteiger partial charge in [0.25, 0.3) is 0 Å². The van der Waals surface area contributed by atoms with Crippen LogP contribution in [0.2, 0.25) is 0 Å². The van der Waals surface area contributed by atoms with E-state index < -0.39 is 15.8 Å². The molecule has 3 rings (SSSR count). The molecule has 1 aliphatic heterocycles. The van der Waals surface area contributed by atoms with Crippen LogP contribution >= 0.6 is 0 Å². The fourth-order valence-corrected chi connectivity index (χ4v) is 5.06. The Morgan fingerprint density at radius 3 is 2.53 bits per heavy atom. The summed E-state index contributed by atoms with van der Waals surface area (Å²) in [5.41, 5.74) is 1.16. The summed E-state index contributed by atoms with van der Waals surface area (Å²) in [5, 5.41) is 2.96. The lowest BCUT2D eigenvalue weighted by atomic mass is 9.97. The van der Waals surface area contributed by atoms with Gasteiger partial charge in [0.2, 0.25) is 15.9 Å². The van der Waals surface area contributed by atoms with Crippen LogP contribution in [0.15, 0.2) is 53.4 Å². The lowest BCUT2D eigenvalue weighted by molar-refractivity contribution is -0.126. The van der Waals surface area contributed by atoms with Crippen LogP contribution in [0.1, 0.15) is 24.8 Å². The minimum absolute atomic E-state index is 0.0283. The number of piperidine rings is 1. The molecule has 1 aliphatic rings. The number of amides is 1. The quantitative estimate of drug-likeness (QED) is 0.648. The first kappa shape index (κ1) is 22.2. The topological polar surface area (TPSA) is 75.7 Å². The van der Waals surface area contributed by atoms with Crippen molar-refractivity contribution in [1.82, 2.24) is 9.62 Å². The van der Waals surface area contributed by atoms with Gasteiger partial charge in [0.15, 0.2) is 0 Å². The van der Waals surface area contributed by atoms with E-state index in [1.165, 1.54) is 16.4 Å². The number of nitrogens with one attached hydrogen (secondary N) is 1. The molecule has 1 fully saturated rings. The van der Waals surface area contributed by atoms with Crippen molar-refractivity contribution >= 4 is 15.9 Å². The molecule has 0 spiro atoms. The Hall–Kier alpha value is -2.45. The highest BCUT2D eigenvalue weighted by Gasteiger charge is 2.31. The average Bonchev–Trinajstić information content (AvgIpc) is 2.77. The number of hydrogen-bond donors (Lipinski definition) is 1. The molecule has 0 saturated carbocycles. The number of benzene rings is 2. The van der Waals surface area contributed by atoms with Crippen molar-refractivity contribution in [3.05, 3.63) is 59.9 Å². The minimum Gasteiger partial charge on any atom is -0.497 e. The van der Waals surface area contributed by atoms with Crippen molar-refractivity contribution in [1.29, 1.82) is 0 Å². The predicted molar refractivity (Wildman–Crippen MR) is 112 cm³/mol. The molecule has 1 heterocycles. The van der Waals surface area contributed by atoms with E-state index in [-0.39, 0.29) is 29.8 Å². The van der Waals surface area contributed by atoms with Crippen LogP contribution < -0.4 is 10.1 Å². The standard InChI is InChI=1S/C22H27FN2O4S/c1-29-20-6-2-4-17(16-20)5-3-13-24-22(26)18-11-14-25(15-12-18)30(27,28)21-9-7-19(23)8-10-21/h2,4,6-10,16,18H,3,5,11-15H2,1H3,(H,24,26). The third-order valence-corrected chi connectivity index (χ3v) is 7.26. The van der Waals surface area contributed by atoms with Gasteiger partial charge in [-0.15, -0.1) is 0 Å². The van der Waals surface area contributed by atoms with Crippen molar-refractivity contribution < 1.29 is 22.3 Å². The van der Waals surface area contributed by atoms with Gasteiger partial charge in [-0.1, -0.05) is 12.1 Å². The molecule has 0 aliphatic carbocycles. The van der Waals surface area contributed by atoms with Crippen LogP contribution in [-0.4, -0.2) is 45.4 Å². The molecular formula is C22H27FN2O4S. The van der Waals surface area contributed by atoms with Crippen molar-refractivity contribution in [3.8, 4) is 5.75 Å². The molecule has 0 atom stereocenters. The fraction of sp³-hybridized carbons (Fsp3) is 0.409. The van der Waals surface area contributed by atoms with Gasteiger partial charge in [0.05, 0.1) is 12.0 Å². The van der Waals surface area contributed by atoms with Gasteiger partial charge in [-0.2, -0.15) is 4.31 Å². The van der Waals surface area contributed by atoms with Crippen LogP contribution in [0.3, 0.4) is 0 Å².